The van der Waals surface area contributed by atoms with Gasteiger partial charge >= 0.3 is 0 Å². The Hall–Kier alpha value is -2.20. The molecule has 0 bridgehead atoms. The molecule has 2 aromatic rings. The lowest BCUT2D eigenvalue weighted by molar-refractivity contribution is 0.0940. The highest BCUT2D eigenvalue weighted by Gasteiger charge is 2.15. The average molecular weight is 387 g/mol. The molecule has 0 saturated carbocycles. The first-order valence-electron chi connectivity index (χ1n) is 9.66. The van der Waals surface area contributed by atoms with Crippen molar-refractivity contribution in [2.45, 2.75) is 39.2 Å². The minimum Gasteiger partial charge on any atom is -0.492 e. The molecule has 1 fully saturated rings. The molecule has 5 heteroatoms. The molecule has 1 N–H and O–H groups in total. The fraction of sp³-hybridized carbons (Fsp3) is 0.409. The summed E-state index contributed by atoms with van der Waals surface area (Å²) in [5, 5.41) is 3.49. The van der Waals surface area contributed by atoms with Gasteiger partial charge in [0.2, 0.25) is 0 Å². The first-order chi connectivity index (χ1) is 13.1. The number of amides is 1. The van der Waals surface area contributed by atoms with Crippen LogP contribution in [-0.2, 0) is 0 Å². The van der Waals surface area contributed by atoms with Crippen LogP contribution >= 0.6 is 11.6 Å². The summed E-state index contributed by atoms with van der Waals surface area (Å²) < 4.78 is 5.42. The number of carbonyl (C=O) groups excluding carboxylic acids is 1. The fourth-order valence-electron chi connectivity index (χ4n) is 3.40. The molecular weight excluding hydrogens is 360 g/mol. The lowest BCUT2D eigenvalue weighted by Crippen LogP contribution is -2.29. The summed E-state index contributed by atoms with van der Waals surface area (Å²) in [5.74, 6) is 0.449. The largest absolute Gasteiger partial charge is 0.492 e. The summed E-state index contributed by atoms with van der Waals surface area (Å²) >= 11 is 6.19. The van der Waals surface area contributed by atoms with Gasteiger partial charge in [-0.05, 0) is 69.0 Å². The summed E-state index contributed by atoms with van der Waals surface area (Å²) in [6, 6.07) is 13.5. The molecule has 3 rings (SSSR count). The third kappa shape index (κ3) is 4.95. The van der Waals surface area contributed by atoms with Gasteiger partial charge in [0.25, 0.3) is 5.91 Å². The number of piperidine rings is 1. The molecule has 0 spiro atoms. The Kier molecular flexibility index (Phi) is 6.62. The topological polar surface area (TPSA) is 41.6 Å². The third-order valence-electron chi connectivity index (χ3n) is 4.96. The Morgan fingerprint density at radius 2 is 1.85 bits per heavy atom. The van der Waals surface area contributed by atoms with Crippen LogP contribution < -0.4 is 15.0 Å². The van der Waals surface area contributed by atoms with Gasteiger partial charge in [-0.15, -0.1) is 0 Å². The van der Waals surface area contributed by atoms with Crippen molar-refractivity contribution in [1.29, 1.82) is 0 Å². The first kappa shape index (κ1) is 19.6. The van der Waals surface area contributed by atoms with Crippen molar-refractivity contribution in [3.05, 3.63) is 58.6 Å². The maximum Gasteiger partial charge on any atom is 0.251 e. The van der Waals surface area contributed by atoms with Crippen LogP contribution in [-0.4, -0.2) is 25.6 Å². The first-order valence-corrected chi connectivity index (χ1v) is 10.0. The molecule has 1 saturated heterocycles. The zero-order valence-corrected chi connectivity index (χ0v) is 16.8. The van der Waals surface area contributed by atoms with Crippen molar-refractivity contribution in [1.82, 2.24) is 5.32 Å². The molecule has 1 aliphatic rings. The number of hydrogen-bond donors (Lipinski definition) is 1. The van der Waals surface area contributed by atoms with Gasteiger partial charge in [-0.1, -0.05) is 23.7 Å². The third-order valence-corrected chi connectivity index (χ3v) is 5.25. The number of carbonyl (C=O) groups is 1. The summed E-state index contributed by atoms with van der Waals surface area (Å²) in [7, 11) is 0. The van der Waals surface area contributed by atoms with Gasteiger partial charge in [0.05, 0.1) is 17.7 Å². The second-order valence-corrected chi connectivity index (χ2v) is 7.32. The molecule has 0 radical (unpaired) electrons. The number of ether oxygens (including phenoxy) is 1. The van der Waals surface area contributed by atoms with Crippen molar-refractivity contribution in [2.24, 2.45) is 0 Å². The van der Waals surface area contributed by atoms with Crippen LogP contribution in [0.1, 0.15) is 55.1 Å². The summed E-state index contributed by atoms with van der Waals surface area (Å²) in [4.78, 5) is 15.0. The highest BCUT2D eigenvalue weighted by Crippen LogP contribution is 2.26. The Labute approximate surface area is 166 Å². The second kappa shape index (κ2) is 9.14. The molecule has 1 heterocycles. The van der Waals surface area contributed by atoms with E-state index in [9.17, 15) is 4.79 Å². The van der Waals surface area contributed by atoms with E-state index in [4.69, 9.17) is 16.3 Å². The fourth-order valence-corrected chi connectivity index (χ4v) is 3.64. The average Bonchev–Trinajstić information content (AvgIpc) is 2.70. The summed E-state index contributed by atoms with van der Waals surface area (Å²) in [5.41, 5.74) is 2.87. The van der Waals surface area contributed by atoms with Crippen molar-refractivity contribution < 1.29 is 9.53 Å². The Balaban J connectivity index is 1.63. The number of hydrogen-bond acceptors (Lipinski definition) is 3. The zero-order chi connectivity index (χ0) is 19.2. The number of halogens is 1. The molecule has 0 aromatic heterocycles. The van der Waals surface area contributed by atoms with E-state index in [-0.39, 0.29) is 11.9 Å². The van der Waals surface area contributed by atoms with Gasteiger partial charge in [0.1, 0.15) is 5.75 Å². The quantitative estimate of drug-likeness (QED) is 0.739. The summed E-state index contributed by atoms with van der Waals surface area (Å²) in [6.07, 6.45) is 3.85. The molecule has 1 amide bonds. The van der Waals surface area contributed by atoms with E-state index in [1.54, 1.807) is 18.2 Å². The van der Waals surface area contributed by atoms with Crippen LogP contribution in [0.2, 0.25) is 5.02 Å². The maximum absolute atomic E-state index is 12.5. The molecular formula is C22H27ClN2O2. The molecule has 1 unspecified atom stereocenters. The summed E-state index contributed by atoms with van der Waals surface area (Å²) in [6.45, 7) is 6.68. The molecule has 2 aromatic carbocycles. The lowest BCUT2D eigenvalue weighted by atomic mass is 10.1. The van der Waals surface area contributed by atoms with Crippen LogP contribution in [0.15, 0.2) is 42.5 Å². The predicted octanol–water partition coefficient (Wildman–Crippen LogP) is 5.22. The molecule has 1 atom stereocenters. The molecule has 144 valence electrons. The van der Waals surface area contributed by atoms with Crippen LogP contribution in [0.5, 0.6) is 5.75 Å². The smallest absolute Gasteiger partial charge is 0.251 e. The van der Waals surface area contributed by atoms with E-state index in [1.165, 1.54) is 24.9 Å². The van der Waals surface area contributed by atoms with Gasteiger partial charge in [-0.3, -0.25) is 4.79 Å². The van der Waals surface area contributed by atoms with Crippen molar-refractivity contribution >= 4 is 23.2 Å². The van der Waals surface area contributed by atoms with Crippen LogP contribution in [0.25, 0.3) is 0 Å². The van der Waals surface area contributed by atoms with Crippen molar-refractivity contribution in [3.8, 4) is 5.75 Å². The van der Waals surface area contributed by atoms with E-state index in [1.807, 2.05) is 13.8 Å². The molecule has 1 aliphatic heterocycles. The van der Waals surface area contributed by atoms with E-state index in [2.05, 4.69) is 34.5 Å². The van der Waals surface area contributed by atoms with Crippen LogP contribution in [0, 0.1) is 0 Å². The number of nitrogens with zero attached hydrogens (tertiary/aromatic N) is 1. The van der Waals surface area contributed by atoms with Gasteiger partial charge < -0.3 is 15.0 Å². The van der Waals surface area contributed by atoms with E-state index < -0.39 is 0 Å². The minimum atomic E-state index is -0.146. The van der Waals surface area contributed by atoms with Crippen LogP contribution in [0.3, 0.4) is 0 Å². The van der Waals surface area contributed by atoms with E-state index >= 15 is 0 Å². The zero-order valence-electron chi connectivity index (χ0n) is 16.0. The van der Waals surface area contributed by atoms with Gasteiger partial charge in [0.15, 0.2) is 0 Å². The SMILES string of the molecule is CCOc1ccc(C(=O)NC(C)c2ccc(N3CCCCC3)cc2)cc1Cl. The minimum absolute atomic E-state index is 0.0850. The van der Waals surface area contributed by atoms with E-state index in [0.717, 1.165) is 18.7 Å². The Morgan fingerprint density at radius 1 is 1.15 bits per heavy atom. The number of rotatable bonds is 6. The number of anilines is 1. The highest BCUT2D eigenvalue weighted by molar-refractivity contribution is 6.32. The molecule has 4 nitrogen and oxygen atoms in total. The van der Waals surface area contributed by atoms with Gasteiger partial charge in [-0.2, -0.15) is 0 Å². The van der Waals surface area contributed by atoms with E-state index in [0.29, 0.717) is 22.9 Å². The highest BCUT2D eigenvalue weighted by atomic mass is 35.5. The number of nitrogens with one attached hydrogen (secondary N) is 1. The van der Waals surface area contributed by atoms with Gasteiger partial charge in [0, 0.05) is 24.3 Å². The lowest BCUT2D eigenvalue weighted by Gasteiger charge is -2.29. The normalized spacial score (nSPS) is 15.3. The van der Waals surface area contributed by atoms with Crippen molar-refractivity contribution in [3.63, 3.8) is 0 Å². The monoisotopic (exact) mass is 386 g/mol. The van der Waals surface area contributed by atoms with Gasteiger partial charge in [-0.25, -0.2) is 0 Å². The molecule has 0 aliphatic carbocycles. The molecule has 27 heavy (non-hydrogen) atoms. The predicted molar refractivity (Wildman–Crippen MR) is 111 cm³/mol. The van der Waals surface area contributed by atoms with Crippen LogP contribution in [0.4, 0.5) is 5.69 Å². The standard InChI is InChI=1S/C22H27ClN2O2/c1-3-27-21-12-9-18(15-20(21)23)22(26)24-16(2)17-7-10-19(11-8-17)25-13-5-4-6-14-25/h7-12,15-16H,3-6,13-14H2,1-2H3,(H,24,26). The Bertz CT molecular complexity index is 770. The second-order valence-electron chi connectivity index (χ2n) is 6.91. The van der Waals surface area contributed by atoms with Crippen molar-refractivity contribution in [2.75, 3.05) is 24.6 Å². The maximum atomic E-state index is 12.5. The Morgan fingerprint density at radius 3 is 2.48 bits per heavy atom. The number of benzene rings is 2.